The topological polar surface area (TPSA) is 61.4 Å². The number of carbonyl (C=O) groups excluding carboxylic acids is 1. The van der Waals surface area contributed by atoms with Gasteiger partial charge in [-0.3, -0.25) is 4.79 Å². The summed E-state index contributed by atoms with van der Waals surface area (Å²) in [6, 6.07) is 6.04. The molecule has 4 nitrogen and oxygen atoms in total. The van der Waals surface area contributed by atoms with Gasteiger partial charge in [-0.15, -0.1) is 0 Å². The molecule has 3 N–H and O–H groups in total. The maximum atomic E-state index is 12.2. The number of aliphatic hydroxyl groups excluding tert-OH is 1. The van der Waals surface area contributed by atoms with Gasteiger partial charge in [-0.2, -0.15) is 13.2 Å². The van der Waals surface area contributed by atoms with E-state index in [4.69, 9.17) is 0 Å². The van der Waals surface area contributed by atoms with Crippen molar-refractivity contribution in [3.05, 3.63) is 29.8 Å². The lowest BCUT2D eigenvalue weighted by Crippen LogP contribution is -2.36. The maximum absolute atomic E-state index is 12.2. The first-order chi connectivity index (χ1) is 9.74. The zero-order chi connectivity index (χ0) is 16.0. The summed E-state index contributed by atoms with van der Waals surface area (Å²) >= 11 is 0. The molecule has 0 spiro atoms. The Balaban J connectivity index is 2.66. The van der Waals surface area contributed by atoms with Gasteiger partial charge in [-0.1, -0.05) is 26.0 Å². The predicted octanol–water partition coefficient (Wildman–Crippen LogP) is 2.29. The van der Waals surface area contributed by atoms with E-state index in [2.05, 4.69) is 5.32 Å². The zero-order valence-corrected chi connectivity index (χ0v) is 11.9. The van der Waals surface area contributed by atoms with Crippen LogP contribution in [0.3, 0.4) is 0 Å². The Labute approximate surface area is 121 Å². The number of aliphatic hydroxyl groups is 1. The smallest absolute Gasteiger partial charge is 0.395 e. The largest absolute Gasteiger partial charge is 0.471 e. The Bertz CT molecular complexity index is 476. The number of amides is 1. The first kappa shape index (κ1) is 17.5. The summed E-state index contributed by atoms with van der Waals surface area (Å²) in [6.45, 7) is 4.27. The highest BCUT2D eigenvalue weighted by molar-refractivity contribution is 5.94. The van der Waals surface area contributed by atoms with Crippen LogP contribution in [0, 0.1) is 5.92 Å². The van der Waals surface area contributed by atoms with E-state index >= 15 is 0 Å². The molecule has 0 saturated carbocycles. The lowest BCUT2D eigenvalue weighted by atomic mass is 10.0. The van der Waals surface area contributed by atoms with Crippen molar-refractivity contribution >= 4 is 11.6 Å². The molecule has 1 rings (SSSR count). The number of hydrogen-bond acceptors (Lipinski definition) is 3. The number of alkyl halides is 3. The van der Waals surface area contributed by atoms with Crippen molar-refractivity contribution in [3.63, 3.8) is 0 Å². The SMILES string of the molecule is CC(C)C(CO)NCc1cccc(NC(=O)C(F)(F)F)c1. The molecule has 0 bridgehead atoms. The molecular formula is C14H19F3N2O2. The van der Waals surface area contributed by atoms with Gasteiger partial charge in [0, 0.05) is 18.3 Å². The predicted molar refractivity (Wildman–Crippen MR) is 73.7 cm³/mol. The fraction of sp³-hybridized carbons (Fsp3) is 0.500. The number of nitrogens with one attached hydrogen (secondary N) is 2. The Kier molecular flexibility index (Phi) is 6.17. The summed E-state index contributed by atoms with van der Waals surface area (Å²) in [4.78, 5) is 10.9. The van der Waals surface area contributed by atoms with E-state index in [0.717, 1.165) is 0 Å². The van der Waals surface area contributed by atoms with Crippen LogP contribution >= 0.6 is 0 Å². The Hall–Kier alpha value is -1.60. The molecule has 21 heavy (non-hydrogen) atoms. The Morgan fingerprint density at radius 1 is 1.33 bits per heavy atom. The van der Waals surface area contributed by atoms with Gasteiger partial charge in [-0.25, -0.2) is 0 Å². The summed E-state index contributed by atoms with van der Waals surface area (Å²) in [7, 11) is 0. The van der Waals surface area contributed by atoms with Crippen molar-refractivity contribution in [2.24, 2.45) is 5.92 Å². The maximum Gasteiger partial charge on any atom is 0.471 e. The molecule has 0 aliphatic heterocycles. The highest BCUT2D eigenvalue weighted by Crippen LogP contribution is 2.19. The van der Waals surface area contributed by atoms with Crippen molar-refractivity contribution in [1.82, 2.24) is 5.32 Å². The van der Waals surface area contributed by atoms with Crippen LogP contribution < -0.4 is 10.6 Å². The van der Waals surface area contributed by atoms with Crippen LogP contribution in [0.15, 0.2) is 24.3 Å². The van der Waals surface area contributed by atoms with E-state index in [-0.39, 0.29) is 24.3 Å². The first-order valence-corrected chi connectivity index (χ1v) is 6.55. The van der Waals surface area contributed by atoms with Crippen LogP contribution in [0.1, 0.15) is 19.4 Å². The molecule has 1 unspecified atom stereocenters. The molecule has 0 radical (unpaired) electrons. The number of hydrogen-bond donors (Lipinski definition) is 3. The fourth-order valence-corrected chi connectivity index (χ4v) is 1.72. The number of rotatable bonds is 6. The summed E-state index contributed by atoms with van der Waals surface area (Å²) in [5.41, 5.74) is 0.802. The second-order valence-electron chi connectivity index (χ2n) is 5.07. The van der Waals surface area contributed by atoms with E-state index in [9.17, 15) is 23.1 Å². The molecule has 0 aromatic heterocycles. The summed E-state index contributed by atoms with van der Waals surface area (Å²) in [5, 5.41) is 14.1. The van der Waals surface area contributed by atoms with Gasteiger partial charge < -0.3 is 15.7 Å². The highest BCUT2D eigenvalue weighted by atomic mass is 19.4. The zero-order valence-electron chi connectivity index (χ0n) is 11.9. The van der Waals surface area contributed by atoms with Crippen LogP contribution in [0.25, 0.3) is 0 Å². The van der Waals surface area contributed by atoms with Crippen LogP contribution in [0.4, 0.5) is 18.9 Å². The second kappa shape index (κ2) is 7.42. The van der Waals surface area contributed by atoms with E-state index in [1.54, 1.807) is 17.4 Å². The average molecular weight is 304 g/mol. The quantitative estimate of drug-likeness (QED) is 0.756. The average Bonchev–Trinajstić information content (AvgIpc) is 2.38. The minimum absolute atomic E-state index is 0.0256. The fourth-order valence-electron chi connectivity index (χ4n) is 1.72. The molecule has 0 fully saturated rings. The van der Waals surface area contributed by atoms with E-state index in [1.807, 2.05) is 13.8 Å². The monoisotopic (exact) mass is 304 g/mol. The van der Waals surface area contributed by atoms with Crippen LogP contribution in [-0.4, -0.2) is 29.8 Å². The van der Waals surface area contributed by atoms with Crippen LogP contribution in [0.5, 0.6) is 0 Å². The third-order valence-corrected chi connectivity index (χ3v) is 3.01. The molecule has 0 aliphatic carbocycles. The van der Waals surface area contributed by atoms with Crippen molar-refractivity contribution in [1.29, 1.82) is 0 Å². The van der Waals surface area contributed by atoms with Gasteiger partial charge in [0.15, 0.2) is 0 Å². The van der Waals surface area contributed by atoms with E-state index < -0.39 is 12.1 Å². The standard InChI is InChI=1S/C14H19F3N2O2/c1-9(2)12(8-20)18-7-10-4-3-5-11(6-10)19-13(21)14(15,16)17/h3-6,9,12,18,20H,7-8H2,1-2H3,(H,19,21). The number of carbonyl (C=O) groups is 1. The number of halogens is 3. The third-order valence-electron chi connectivity index (χ3n) is 3.01. The van der Waals surface area contributed by atoms with Gasteiger partial charge in [0.2, 0.25) is 0 Å². The lowest BCUT2D eigenvalue weighted by molar-refractivity contribution is -0.167. The molecule has 0 heterocycles. The molecule has 0 saturated heterocycles. The minimum atomic E-state index is -4.91. The number of anilines is 1. The molecular weight excluding hydrogens is 285 g/mol. The van der Waals surface area contributed by atoms with E-state index in [1.165, 1.54) is 12.1 Å². The van der Waals surface area contributed by atoms with E-state index in [0.29, 0.717) is 12.1 Å². The van der Waals surface area contributed by atoms with Crippen molar-refractivity contribution < 1.29 is 23.1 Å². The molecule has 1 aromatic rings. The number of benzene rings is 1. The molecule has 1 amide bonds. The van der Waals surface area contributed by atoms with Crippen molar-refractivity contribution in [2.75, 3.05) is 11.9 Å². The van der Waals surface area contributed by atoms with Crippen molar-refractivity contribution in [2.45, 2.75) is 32.6 Å². The van der Waals surface area contributed by atoms with Crippen LogP contribution in [-0.2, 0) is 11.3 Å². The van der Waals surface area contributed by atoms with Crippen LogP contribution in [0.2, 0.25) is 0 Å². The highest BCUT2D eigenvalue weighted by Gasteiger charge is 2.38. The lowest BCUT2D eigenvalue weighted by Gasteiger charge is -2.20. The second-order valence-corrected chi connectivity index (χ2v) is 5.07. The first-order valence-electron chi connectivity index (χ1n) is 6.55. The van der Waals surface area contributed by atoms with Gasteiger partial charge in [0.05, 0.1) is 6.61 Å². The van der Waals surface area contributed by atoms with Gasteiger partial charge in [-0.05, 0) is 23.6 Å². The molecule has 1 atom stereocenters. The molecule has 7 heteroatoms. The van der Waals surface area contributed by atoms with Gasteiger partial charge >= 0.3 is 12.1 Å². The Morgan fingerprint density at radius 2 is 2.00 bits per heavy atom. The van der Waals surface area contributed by atoms with Gasteiger partial charge in [0.1, 0.15) is 0 Å². The summed E-state index contributed by atoms with van der Waals surface area (Å²) < 4.78 is 36.5. The summed E-state index contributed by atoms with van der Waals surface area (Å²) in [6.07, 6.45) is -4.91. The Morgan fingerprint density at radius 3 is 2.52 bits per heavy atom. The normalized spacial score (nSPS) is 13.3. The minimum Gasteiger partial charge on any atom is -0.395 e. The molecule has 118 valence electrons. The van der Waals surface area contributed by atoms with Crippen molar-refractivity contribution in [3.8, 4) is 0 Å². The third kappa shape index (κ3) is 5.73. The van der Waals surface area contributed by atoms with Gasteiger partial charge in [0.25, 0.3) is 0 Å². The molecule has 0 aliphatic rings. The summed E-state index contributed by atoms with van der Waals surface area (Å²) in [5.74, 6) is -1.77. The molecule has 1 aromatic carbocycles.